The van der Waals surface area contributed by atoms with E-state index in [9.17, 15) is 65.9 Å². The minimum Gasteiger partial charge on any atom is -0.278 e. The van der Waals surface area contributed by atoms with E-state index in [1.807, 2.05) is 0 Å². The second kappa shape index (κ2) is 12.7. The van der Waals surface area contributed by atoms with E-state index in [2.05, 4.69) is 0 Å². The van der Waals surface area contributed by atoms with Crippen LogP contribution in [0.4, 0.5) is 65.9 Å². The van der Waals surface area contributed by atoms with Crippen LogP contribution in [0.25, 0.3) is 0 Å². The first-order valence-corrected chi connectivity index (χ1v) is 7.33. The Morgan fingerprint density at radius 2 is 0.353 bits per heavy atom. The maximum Gasteiger partial charge on any atom is 3.00 e. The van der Waals surface area contributed by atoms with Gasteiger partial charge in [-0.05, 0) is 0 Å². The predicted octanol–water partition coefficient (Wildman–Crippen LogP) is 6.54. The molecule has 0 amide bonds. The molecular weight excluding hydrogens is 549 g/mol. The molecular formula is C18F15Ti. The summed E-state index contributed by atoms with van der Waals surface area (Å²) in [6.45, 7) is 0. The number of benzene rings is 3. The fourth-order valence-corrected chi connectivity index (χ4v) is 1.49. The van der Waals surface area contributed by atoms with Crippen molar-refractivity contribution in [1.29, 1.82) is 0 Å². The first-order valence-electron chi connectivity index (χ1n) is 7.33. The third-order valence-corrected chi connectivity index (χ3v) is 2.97. The topological polar surface area (TPSA) is 0 Å². The van der Waals surface area contributed by atoms with Crippen LogP contribution in [0.3, 0.4) is 0 Å². The molecule has 0 aliphatic rings. The zero-order chi connectivity index (χ0) is 25.8. The quantitative estimate of drug-likeness (QED) is 0.0983. The van der Waals surface area contributed by atoms with Gasteiger partial charge in [0.25, 0.3) is 0 Å². The molecule has 0 bridgehead atoms. The van der Waals surface area contributed by atoms with Crippen LogP contribution >= 0.6 is 0 Å². The molecule has 16 heteroatoms. The Morgan fingerprint density at radius 3 is 0.471 bits per heavy atom. The average Bonchev–Trinajstić information content (AvgIpc) is 2.77. The minimum absolute atomic E-state index is 0. The van der Waals surface area contributed by atoms with Crippen molar-refractivity contribution >= 4 is 0 Å². The van der Waals surface area contributed by atoms with Crippen LogP contribution < -0.4 is 0 Å². The maximum atomic E-state index is 12.0. The molecule has 0 N–H and O–H groups in total. The summed E-state index contributed by atoms with van der Waals surface area (Å²) in [6.07, 6.45) is 0. The van der Waals surface area contributed by atoms with Crippen molar-refractivity contribution in [3.63, 3.8) is 0 Å². The summed E-state index contributed by atoms with van der Waals surface area (Å²) >= 11 is 0. The first kappa shape index (κ1) is 31.3. The molecule has 0 saturated heterocycles. The van der Waals surface area contributed by atoms with Crippen molar-refractivity contribution in [2.75, 3.05) is 0 Å². The third kappa shape index (κ3) is 7.16. The van der Waals surface area contributed by atoms with E-state index in [0.717, 1.165) is 18.2 Å². The molecule has 3 aromatic rings. The first-order chi connectivity index (χ1) is 15.1. The van der Waals surface area contributed by atoms with Gasteiger partial charge in [-0.15, -0.1) is 18.2 Å². The summed E-state index contributed by atoms with van der Waals surface area (Å²) in [5, 5.41) is 0. The van der Waals surface area contributed by atoms with Gasteiger partial charge in [0.05, 0.1) is 87.3 Å². The van der Waals surface area contributed by atoms with Gasteiger partial charge in [-0.3, -0.25) is 26.3 Å². The summed E-state index contributed by atoms with van der Waals surface area (Å²) in [5.74, 6) is -30.1. The van der Waals surface area contributed by atoms with Gasteiger partial charge in [-0.2, -0.15) is 0 Å². The molecule has 0 saturated carbocycles. The summed E-state index contributed by atoms with van der Waals surface area (Å²) in [7, 11) is 0. The Balaban J connectivity index is 0.000000473. The Hall–Kier alpha value is -2.68. The Bertz CT molecular complexity index is 955. The molecule has 0 aliphatic heterocycles. The molecule has 34 heavy (non-hydrogen) atoms. The predicted molar refractivity (Wildman–Crippen MR) is 75.2 cm³/mol. The van der Waals surface area contributed by atoms with Gasteiger partial charge in [0.2, 0.25) is 0 Å². The molecule has 3 rings (SSSR count). The molecule has 0 heterocycles. The molecule has 1 radical (unpaired) electrons. The van der Waals surface area contributed by atoms with Crippen LogP contribution in [0.5, 0.6) is 0 Å². The molecule has 0 fully saturated rings. The zero-order valence-electron chi connectivity index (χ0n) is 15.2. The van der Waals surface area contributed by atoms with E-state index in [-0.39, 0.29) is 21.7 Å². The Morgan fingerprint density at radius 1 is 0.235 bits per heavy atom. The van der Waals surface area contributed by atoms with E-state index in [0.29, 0.717) is 0 Å². The second-order valence-electron chi connectivity index (χ2n) is 5.08. The van der Waals surface area contributed by atoms with Crippen molar-refractivity contribution in [1.82, 2.24) is 0 Å². The normalized spacial score (nSPS) is 9.97. The zero-order valence-corrected chi connectivity index (χ0v) is 16.7. The van der Waals surface area contributed by atoms with Gasteiger partial charge < -0.3 is 0 Å². The summed E-state index contributed by atoms with van der Waals surface area (Å²) in [4.78, 5) is 0. The van der Waals surface area contributed by atoms with Crippen LogP contribution in [0.2, 0.25) is 0 Å². The van der Waals surface area contributed by atoms with Crippen LogP contribution in [-0.4, -0.2) is 0 Å². The van der Waals surface area contributed by atoms with E-state index >= 15 is 0 Å². The summed E-state index contributed by atoms with van der Waals surface area (Å²) < 4.78 is 180. The van der Waals surface area contributed by atoms with Crippen LogP contribution in [0, 0.1) is 105 Å². The molecule has 0 nitrogen and oxygen atoms in total. The van der Waals surface area contributed by atoms with Gasteiger partial charge in [-0.25, -0.2) is 39.5 Å². The van der Waals surface area contributed by atoms with Gasteiger partial charge in [0, 0.05) is 0 Å². The van der Waals surface area contributed by atoms with Crippen molar-refractivity contribution in [3.05, 3.63) is 105 Å². The fraction of sp³-hybridized carbons (Fsp3) is 0. The van der Waals surface area contributed by atoms with Gasteiger partial charge in [0.1, 0.15) is 0 Å². The Labute approximate surface area is 193 Å². The monoisotopic (exact) mass is 549 g/mol. The van der Waals surface area contributed by atoms with Crippen molar-refractivity contribution < 1.29 is 87.6 Å². The van der Waals surface area contributed by atoms with Crippen LogP contribution in [-0.2, 0) is 21.7 Å². The average molecular weight is 549 g/mol. The van der Waals surface area contributed by atoms with Crippen LogP contribution in [0.15, 0.2) is 0 Å². The van der Waals surface area contributed by atoms with Gasteiger partial charge in [0.15, 0.2) is 0 Å². The third-order valence-electron chi connectivity index (χ3n) is 2.97. The van der Waals surface area contributed by atoms with Crippen molar-refractivity contribution in [2.24, 2.45) is 0 Å². The number of hydrogen-bond donors (Lipinski definition) is 0. The SMILES string of the molecule is Fc1[c-]c(F)c(F)c(F)c1F.Fc1[c-]c(F)c(F)c(F)c1F.Fc1[c-]c(F)c(F)c(F)c1F.[Ti+3]. The molecule has 0 aromatic heterocycles. The molecule has 3 aromatic carbocycles. The van der Waals surface area contributed by atoms with Gasteiger partial charge >= 0.3 is 21.7 Å². The number of rotatable bonds is 0. The molecule has 181 valence electrons. The molecule has 0 atom stereocenters. The minimum atomic E-state index is -2.17. The van der Waals surface area contributed by atoms with Crippen LogP contribution in [0.1, 0.15) is 0 Å². The standard InChI is InChI=1S/3C6F5.Ti/c3*7-2-1-3(8)5(10)6(11)4(2)9;/q3*-1;+3. The van der Waals surface area contributed by atoms with Gasteiger partial charge in [-0.1, -0.05) is 0 Å². The van der Waals surface area contributed by atoms with E-state index in [1.165, 1.54) is 0 Å². The second-order valence-corrected chi connectivity index (χ2v) is 5.08. The van der Waals surface area contributed by atoms with E-state index in [4.69, 9.17) is 0 Å². The number of hydrogen-bond acceptors (Lipinski definition) is 0. The largest absolute Gasteiger partial charge is 3.00 e. The fourth-order valence-electron chi connectivity index (χ4n) is 1.49. The van der Waals surface area contributed by atoms with E-state index in [1.54, 1.807) is 0 Å². The Kier molecular flexibility index (Phi) is 11.7. The smallest absolute Gasteiger partial charge is 0.278 e. The number of halogens is 15. The van der Waals surface area contributed by atoms with Crippen molar-refractivity contribution in [2.45, 2.75) is 0 Å². The molecule has 0 aliphatic carbocycles. The molecule has 0 unspecified atom stereocenters. The molecule has 0 spiro atoms. The van der Waals surface area contributed by atoms with E-state index < -0.39 is 87.3 Å². The summed E-state index contributed by atoms with van der Waals surface area (Å²) in [6, 6.07) is 3.07. The maximum absolute atomic E-state index is 12.0. The summed E-state index contributed by atoms with van der Waals surface area (Å²) in [5.41, 5.74) is 0. The van der Waals surface area contributed by atoms with Crippen molar-refractivity contribution in [3.8, 4) is 0 Å².